The highest BCUT2D eigenvalue weighted by Crippen LogP contribution is 2.35. The van der Waals surface area contributed by atoms with Crippen LogP contribution < -0.4 is 9.47 Å². The van der Waals surface area contributed by atoms with Crippen molar-refractivity contribution in [2.24, 2.45) is 0 Å². The zero-order chi connectivity index (χ0) is 17.3. The predicted molar refractivity (Wildman–Crippen MR) is 97.8 cm³/mol. The molecule has 7 heteroatoms. The summed E-state index contributed by atoms with van der Waals surface area (Å²) in [5.74, 6) is 2.16. The highest BCUT2D eigenvalue weighted by molar-refractivity contribution is 7.16. The summed E-state index contributed by atoms with van der Waals surface area (Å²) in [7, 11) is 0. The summed E-state index contributed by atoms with van der Waals surface area (Å²) in [5.41, 5.74) is 1.30. The lowest BCUT2D eigenvalue weighted by molar-refractivity contribution is 0.0836. The maximum absolute atomic E-state index is 6.04. The number of para-hydroxylation sites is 2. The van der Waals surface area contributed by atoms with Gasteiger partial charge in [0, 0.05) is 6.42 Å². The van der Waals surface area contributed by atoms with Gasteiger partial charge in [0.25, 0.3) is 0 Å². The highest BCUT2D eigenvalue weighted by Gasteiger charge is 2.28. The first-order valence-electron chi connectivity index (χ1n) is 8.50. The molecule has 2 aromatic carbocycles. The van der Waals surface area contributed by atoms with E-state index in [4.69, 9.17) is 14.6 Å². The molecular formula is C19H16N4O2S. The van der Waals surface area contributed by atoms with Gasteiger partial charge in [0.05, 0.1) is 0 Å². The Labute approximate surface area is 154 Å². The first kappa shape index (κ1) is 15.3. The fourth-order valence-corrected chi connectivity index (χ4v) is 3.86. The molecule has 6 nitrogen and oxygen atoms in total. The zero-order valence-electron chi connectivity index (χ0n) is 13.9. The minimum Gasteiger partial charge on any atom is -0.485 e. The molecule has 0 fully saturated rings. The third-order valence-corrected chi connectivity index (χ3v) is 5.28. The maximum atomic E-state index is 6.04. The molecule has 1 aliphatic heterocycles. The highest BCUT2D eigenvalue weighted by atomic mass is 32.1. The second-order valence-electron chi connectivity index (χ2n) is 6.10. The molecule has 0 N–H and O–H groups in total. The number of hydrogen-bond donors (Lipinski definition) is 0. The molecule has 1 aliphatic rings. The van der Waals surface area contributed by atoms with Gasteiger partial charge in [-0.1, -0.05) is 53.8 Å². The SMILES string of the molecule is c1ccc(CCc2nn3c([C@@H]4COc5ccccc5O4)nnc3s2)cc1. The van der Waals surface area contributed by atoms with Gasteiger partial charge in [0.1, 0.15) is 11.6 Å². The van der Waals surface area contributed by atoms with E-state index in [0.717, 1.165) is 34.3 Å². The molecule has 0 radical (unpaired) electrons. The van der Waals surface area contributed by atoms with E-state index in [9.17, 15) is 0 Å². The van der Waals surface area contributed by atoms with Gasteiger partial charge in [-0.15, -0.1) is 10.2 Å². The molecule has 4 aromatic rings. The Bertz CT molecular complexity index is 1040. The van der Waals surface area contributed by atoms with Crippen LogP contribution in [0.5, 0.6) is 11.5 Å². The summed E-state index contributed by atoms with van der Waals surface area (Å²) in [5, 5.41) is 14.3. The molecule has 0 aliphatic carbocycles. The molecule has 0 spiro atoms. The molecule has 2 aromatic heterocycles. The van der Waals surface area contributed by atoms with Gasteiger partial charge in [-0.05, 0) is 24.1 Å². The number of benzene rings is 2. The van der Waals surface area contributed by atoms with Crippen molar-refractivity contribution in [3.05, 3.63) is 71.0 Å². The van der Waals surface area contributed by atoms with Crippen LogP contribution in [0, 0.1) is 0 Å². The molecule has 0 bridgehead atoms. The predicted octanol–water partition coefficient (Wildman–Crippen LogP) is 3.48. The van der Waals surface area contributed by atoms with E-state index >= 15 is 0 Å². The lowest BCUT2D eigenvalue weighted by atomic mass is 10.1. The minimum absolute atomic E-state index is 0.316. The molecule has 3 heterocycles. The molecular weight excluding hydrogens is 348 g/mol. The van der Waals surface area contributed by atoms with E-state index in [1.165, 1.54) is 5.56 Å². The van der Waals surface area contributed by atoms with Gasteiger partial charge in [-0.25, -0.2) is 0 Å². The molecule has 1 atom stereocenters. The van der Waals surface area contributed by atoms with Crippen molar-refractivity contribution in [3.8, 4) is 11.5 Å². The van der Waals surface area contributed by atoms with Crippen molar-refractivity contribution in [3.63, 3.8) is 0 Å². The molecule has 0 saturated carbocycles. The number of ether oxygens (including phenoxy) is 2. The molecule has 130 valence electrons. The monoisotopic (exact) mass is 364 g/mol. The Morgan fingerprint density at radius 1 is 0.962 bits per heavy atom. The van der Waals surface area contributed by atoms with Gasteiger partial charge in [-0.2, -0.15) is 9.61 Å². The van der Waals surface area contributed by atoms with Crippen LogP contribution in [0.2, 0.25) is 0 Å². The van der Waals surface area contributed by atoms with E-state index in [2.05, 4.69) is 34.5 Å². The van der Waals surface area contributed by atoms with Crippen LogP contribution in [-0.2, 0) is 12.8 Å². The number of nitrogens with zero attached hydrogens (tertiary/aromatic N) is 4. The summed E-state index contributed by atoms with van der Waals surface area (Å²) in [6.07, 6.45) is 1.52. The number of rotatable bonds is 4. The van der Waals surface area contributed by atoms with Gasteiger partial charge in [0.15, 0.2) is 23.4 Å². The Kier molecular flexibility index (Phi) is 3.79. The summed E-state index contributed by atoms with van der Waals surface area (Å²) in [6.45, 7) is 0.398. The van der Waals surface area contributed by atoms with Crippen molar-refractivity contribution < 1.29 is 9.47 Å². The van der Waals surface area contributed by atoms with Gasteiger partial charge in [-0.3, -0.25) is 0 Å². The minimum atomic E-state index is -0.316. The van der Waals surface area contributed by atoms with Gasteiger partial charge in [0.2, 0.25) is 4.96 Å². The Hall–Kier alpha value is -2.93. The van der Waals surface area contributed by atoms with Gasteiger partial charge < -0.3 is 9.47 Å². The number of aryl methyl sites for hydroxylation is 2. The molecule has 0 amide bonds. The maximum Gasteiger partial charge on any atom is 0.234 e. The average molecular weight is 364 g/mol. The molecule has 26 heavy (non-hydrogen) atoms. The Morgan fingerprint density at radius 3 is 2.65 bits per heavy atom. The quantitative estimate of drug-likeness (QED) is 0.555. The number of aromatic nitrogens is 4. The summed E-state index contributed by atoms with van der Waals surface area (Å²) in [6, 6.07) is 18.1. The topological polar surface area (TPSA) is 61.5 Å². The lowest BCUT2D eigenvalue weighted by Gasteiger charge is -2.24. The van der Waals surface area contributed by atoms with Crippen LogP contribution in [0.25, 0.3) is 4.96 Å². The zero-order valence-corrected chi connectivity index (χ0v) is 14.7. The van der Waals surface area contributed by atoms with Crippen molar-refractivity contribution >= 4 is 16.3 Å². The normalized spacial score (nSPS) is 16.1. The number of fused-ring (bicyclic) bond motifs is 2. The van der Waals surface area contributed by atoms with Crippen molar-refractivity contribution in [2.75, 3.05) is 6.61 Å². The van der Waals surface area contributed by atoms with Crippen LogP contribution >= 0.6 is 11.3 Å². The third-order valence-electron chi connectivity index (χ3n) is 4.32. The van der Waals surface area contributed by atoms with Crippen LogP contribution in [0.4, 0.5) is 0 Å². The first-order valence-corrected chi connectivity index (χ1v) is 9.32. The van der Waals surface area contributed by atoms with E-state index in [0.29, 0.717) is 12.4 Å². The lowest BCUT2D eigenvalue weighted by Crippen LogP contribution is -2.23. The largest absolute Gasteiger partial charge is 0.485 e. The Balaban J connectivity index is 1.37. The van der Waals surface area contributed by atoms with E-state index in [1.54, 1.807) is 15.9 Å². The van der Waals surface area contributed by atoms with Gasteiger partial charge >= 0.3 is 0 Å². The third kappa shape index (κ3) is 2.80. The van der Waals surface area contributed by atoms with Crippen molar-refractivity contribution in [1.82, 2.24) is 19.8 Å². The van der Waals surface area contributed by atoms with E-state index in [1.807, 2.05) is 30.3 Å². The fraction of sp³-hybridized carbons (Fsp3) is 0.211. The smallest absolute Gasteiger partial charge is 0.234 e. The van der Waals surface area contributed by atoms with Crippen molar-refractivity contribution in [1.29, 1.82) is 0 Å². The second kappa shape index (κ2) is 6.42. The first-order chi connectivity index (χ1) is 12.9. The molecule has 0 saturated heterocycles. The van der Waals surface area contributed by atoms with Crippen LogP contribution in [-0.4, -0.2) is 26.4 Å². The molecule has 5 rings (SSSR count). The number of hydrogen-bond acceptors (Lipinski definition) is 6. The van der Waals surface area contributed by atoms with Crippen molar-refractivity contribution in [2.45, 2.75) is 18.9 Å². The fourth-order valence-electron chi connectivity index (χ4n) is 3.02. The average Bonchev–Trinajstić information content (AvgIpc) is 3.27. The van der Waals surface area contributed by atoms with Crippen LogP contribution in [0.1, 0.15) is 22.5 Å². The summed E-state index contributed by atoms with van der Waals surface area (Å²) in [4.78, 5) is 0.783. The molecule has 0 unspecified atom stereocenters. The second-order valence-corrected chi connectivity index (χ2v) is 7.14. The summed E-state index contributed by atoms with van der Waals surface area (Å²) < 4.78 is 13.6. The van der Waals surface area contributed by atoms with E-state index in [-0.39, 0.29) is 6.10 Å². The van der Waals surface area contributed by atoms with Crippen LogP contribution in [0.15, 0.2) is 54.6 Å². The standard InChI is InChI=1S/C19H16N4O2S/c1-2-6-13(7-3-1)10-11-17-22-23-18(20-21-19(23)26-17)16-12-24-14-8-4-5-9-15(14)25-16/h1-9,16H,10-12H2/t16-/m0/s1. The van der Waals surface area contributed by atoms with E-state index < -0.39 is 0 Å². The van der Waals surface area contributed by atoms with Crippen LogP contribution in [0.3, 0.4) is 0 Å². The summed E-state index contributed by atoms with van der Waals surface area (Å²) >= 11 is 1.57. The Morgan fingerprint density at radius 2 is 1.77 bits per heavy atom.